The molecule has 5 radical (unpaired) electrons. The minimum atomic E-state index is -0.905. The van der Waals surface area contributed by atoms with E-state index in [1.54, 1.807) is 18.9 Å². The summed E-state index contributed by atoms with van der Waals surface area (Å²) < 4.78 is 35.8. The van der Waals surface area contributed by atoms with Crippen molar-refractivity contribution in [2.24, 2.45) is 0 Å². The molecule has 19 heteroatoms. The van der Waals surface area contributed by atoms with Crippen LogP contribution in [-0.2, 0) is 101 Å². The van der Waals surface area contributed by atoms with Gasteiger partial charge in [-0.3, -0.25) is 34.3 Å². The Morgan fingerprint density at radius 1 is 0.360 bits per heavy atom. The van der Waals surface area contributed by atoms with Crippen molar-refractivity contribution >= 4 is 44.0 Å². The topological polar surface area (TPSA) is 103 Å². The fraction of sp³-hybridized carbons (Fsp3) is 0.0286. The van der Waals surface area contributed by atoms with E-state index in [4.69, 9.17) is 0 Å². The zero-order chi connectivity index (χ0) is 57.2. The van der Waals surface area contributed by atoms with Gasteiger partial charge in [-0.05, 0) is 53.2 Å². The molecule has 0 spiro atoms. The number of rotatable bonds is 6. The molecule has 0 saturated heterocycles. The molecular weight excluding hydrogens is 2010 g/mol. The van der Waals surface area contributed by atoms with Crippen LogP contribution < -0.4 is 4.90 Å². The van der Waals surface area contributed by atoms with E-state index < -0.39 is 11.6 Å². The number of benzene rings is 6. The molecule has 6 aromatic carbocycles. The summed E-state index contributed by atoms with van der Waals surface area (Å²) in [6.07, 6.45) is 22.3. The Labute approximate surface area is 580 Å². The molecule has 16 rings (SSSR count). The monoisotopic (exact) mass is 2060 g/mol. The van der Waals surface area contributed by atoms with Crippen LogP contribution in [0.1, 0.15) is 0 Å². The first kappa shape index (κ1) is 68.4. The van der Waals surface area contributed by atoms with Crippen LogP contribution >= 0.6 is 0 Å². The molecule has 10 heterocycles. The van der Waals surface area contributed by atoms with Crippen molar-refractivity contribution in [3.8, 4) is 56.3 Å². The van der Waals surface area contributed by atoms with Crippen molar-refractivity contribution in [1.29, 1.82) is 0 Å². The number of hydrogen-bond donors (Lipinski definition) is 0. The zero-order valence-corrected chi connectivity index (χ0v) is 59.1. The van der Waals surface area contributed by atoms with Gasteiger partial charge in [-0.1, -0.05) is 36.4 Å². The van der Waals surface area contributed by atoms with E-state index in [0.29, 0.717) is 11.3 Å². The second-order valence-electron chi connectivity index (χ2n) is 19.2. The van der Waals surface area contributed by atoms with Crippen molar-refractivity contribution in [3.05, 3.63) is 305 Å². The number of halogens is 2. The molecule has 0 fully saturated rings. The van der Waals surface area contributed by atoms with Crippen LogP contribution in [0.5, 0.6) is 0 Å². The fourth-order valence-corrected chi connectivity index (χ4v) is 9.44. The quantitative estimate of drug-likeness (QED) is 0.153. The first-order valence-corrected chi connectivity index (χ1v) is 26.7. The van der Waals surface area contributed by atoms with E-state index in [1.165, 1.54) is 16.5 Å². The third kappa shape index (κ3) is 15.8. The van der Waals surface area contributed by atoms with Gasteiger partial charge < -0.3 is 26.9 Å². The van der Waals surface area contributed by atoms with Crippen LogP contribution in [0, 0.1) is 42.0 Å². The smallest absolute Gasteiger partial charge is 0.0884 e. The summed E-state index contributed by atoms with van der Waals surface area (Å²) in [6.45, 7) is 0. The summed E-state index contributed by atoms with van der Waals surface area (Å²) in [5.41, 5.74) is 15.3. The predicted octanol–water partition coefficient (Wildman–Crippen LogP) is 14.9. The van der Waals surface area contributed by atoms with Gasteiger partial charge in [-0.15, -0.1) is 167 Å². The van der Waals surface area contributed by atoms with E-state index in [2.05, 4.69) is 124 Å². The molecule has 0 atom stereocenters. The predicted molar refractivity (Wildman–Crippen MR) is 327 cm³/mol. The van der Waals surface area contributed by atoms with Gasteiger partial charge in [-0.2, -0.15) is 0 Å². The molecule has 12 nitrogen and oxygen atoms in total. The molecule has 89 heavy (non-hydrogen) atoms. The maximum Gasteiger partial charge on any atom is 0.0884 e. The average molecular weight is 2060 g/mol. The maximum atomic E-state index is 13.1. The SMILES string of the molecule is CN(C)c1ccn2cnc(-c3[c-]cccc3)c2c1.Fc1c[c-]c(-c2ncn3ccccc23)cc1F.[Ir].[Ir].[Ir].[Ir].[Ir].[c-]1ccccc1-c1ncn2cc3ccccc3cc12.[c-]1ccccc1-c1ncn2ccccc12.[c-]1ccccc1-c1ncn2ccncc12. The Morgan fingerprint density at radius 3 is 1.26 bits per heavy atom. The first-order chi connectivity index (χ1) is 41.3. The van der Waals surface area contributed by atoms with Gasteiger partial charge in [0, 0.05) is 220 Å². The van der Waals surface area contributed by atoms with Gasteiger partial charge in [0.2, 0.25) is 0 Å². The Morgan fingerprint density at radius 2 is 0.775 bits per heavy atom. The number of fused-ring (bicyclic) bond motifs is 6. The molecule has 0 bridgehead atoms. The minimum Gasteiger partial charge on any atom is -0.378 e. The van der Waals surface area contributed by atoms with Gasteiger partial charge in [-0.25, -0.2) is 4.39 Å². The third-order valence-corrected chi connectivity index (χ3v) is 13.6. The number of aromatic nitrogens is 11. The summed E-state index contributed by atoms with van der Waals surface area (Å²) >= 11 is 0. The van der Waals surface area contributed by atoms with Crippen LogP contribution in [0.4, 0.5) is 14.5 Å². The van der Waals surface area contributed by atoms with Crippen molar-refractivity contribution in [1.82, 2.24) is 51.9 Å². The summed E-state index contributed by atoms with van der Waals surface area (Å²) in [5.74, 6) is -1.80. The van der Waals surface area contributed by atoms with Gasteiger partial charge in [0.15, 0.2) is 0 Å². The minimum absolute atomic E-state index is 0. The van der Waals surface area contributed by atoms with E-state index in [9.17, 15) is 8.78 Å². The summed E-state index contributed by atoms with van der Waals surface area (Å²) in [6, 6.07) is 75.5. The Hall–Kier alpha value is -8.13. The van der Waals surface area contributed by atoms with Crippen molar-refractivity contribution < 1.29 is 109 Å². The van der Waals surface area contributed by atoms with Gasteiger partial charge >= 0.3 is 0 Å². The average Bonchev–Trinajstić information content (AvgIpc) is 1.87. The fourth-order valence-electron chi connectivity index (χ4n) is 9.44. The molecule has 10 aromatic heterocycles. The molecule has 453 valence electrons. The summed E-state index contributed by atoms with van der Waals surface area (Å²) in [4.78, 5) is 28.1. The van der Waals surface area contributed by atoms with Crippen LogP contribution in [0.25, 0.3) is 94.6 Å². The molecule has 0 saturated carbocycles. The number of nitrogens with zero attached hydrogens (tertiary/aromatic N) is 12. The third-order valence-electron chi connectivity index (χ3n) is 13.6. The molecular formula is C70H49F2Ir5N12-5. The number of hydrogen-bond acceptors (Lipinski definition) is 7. The Bertz CT molecular complexity index is 4720. The second-order valence-corrected chi connectivity index (χ2v) is 19.2. The van der Waals surface area contributed by atoms with E-state index in [-0.39, 0.29) is 101 Å². The molecule has 0 aliphatic carbocycles. The van der Waals surface area contributed by atoms with Crippen molar-refractivity contribution in [2.45, 2.75) is 0 Å². The summed E-state index contributed by atoms with van der Waals surface area (Å²) in [7, 11) is 4.08. The van der Waals surface area contributed by atoms with Gasteiger partial charge in [0.1, 0.15) is 0 Å². The van der Waals surface area contributed by atoms with E-state index in [1.807, 2.05) is 209 Å². The molecule has 0 aliphatic rings. The van der Waals surface area contributed by atoms with Crippen molar-refractivity contribution in [2.75, 3.05) is 19.0 Å². The largest absolute Gasteiger partial charge is 0.378 e. The molecule has 16 aromatic rings. The normalized spacial score (nSPS) is 10.2. The van der Waals surface area contributed by atoms with Crippen LogP contribution in [0.2, 0.25) is 0 Å². The summed E-state index contributed by atoms with van der Waals surface area (Å²) in [5, 5.41) is 2.45. The maximum absolute atomic E-state index is 13.1. The van der Waals surface area contributed by atoms with Crippen LogP contribution in [0.15, 0.2) is 263 Å². The van der Waals surface area contributed by atoms with Crippen LogP contribution in [0.3, 0.4) is 0 Å². The van der Waals surface area contributed by atoms with Crippen molar-refractivity contribution in [3.63, 3.8) is 0 Å². The zero-order valence-electron chi connectivity index (χ0n) is 47.1. The van der Waals surface area contributed by atoms with E-state index >= 15 is 0 Å². The number of pyridine rings is 4. The Balaban J connectivity index is 0.000000157. The first-order valence-electron chi connectivity index (χ1n) is 26.7. The number of imidazole rings is 5. The van der Waals surface area contributed by atoms with Gasteiger partial charge in [0.05, 0.1) is 43.3 Å². The van der Waals surface area contributed by atoms with E-state index in [0.717, 1.165) is 84.7 Å². The standard InChI is InChI=1S/C17H11N2.C15H14N3.C13H7F2N2.C13H9N2.C12H8N3.5Ir/c1-2-6-13(7-3-1)17-16-10-14-8-4-5-9-15(14)11-19(16)12-18-17;1-17(2)13-8-9-18-11-16-15(14(18)10-13)12-6-4-3-5-7-12;14-10-5-4-9(7-11(10)15)13-12-3-1-2-6-17(12)8-16-13;1-2-6-11(7-3-1)13-12-8-4-5-9-15(12)10-14-13;1-2-4-10(5-3-1)12-11-8-13-6-7-15(11)9-14-12;;;;;/h1-6,8-12H;3-6,8-11H,1-2H3;1-3,5-8H;1-6,8-10H;1-4,6-9H;;;;;/q5*-1;;;;;. The number of anilines is 1. The molecule has 0 amide bonds. The van der Waals surface area contributed by atoms with Gasteiger partial charge in [0.25, 0.3) is 0 Å². The second kappa shape index (κ2) is 32.4. The molecule has 0 unspecified atom stereocenters. The Kier molecular flexibility index (Phi) is 24.9. The molecule has 0 aliphatic heterocycles. The molecule has 0 N–H and O–H groups in total. The van der Waals surface area contributed by atoms with Crippen LogP contribution in [-0.4, -0.2) is 66.0 Å².